The van der Waals surface area contributed by atoms with Crippen molar-refractivity contribution in [2.75, 3.05) is 0 Å². The van der Waals surface area contributed by atoms with Crippen molar-refractivity contribution in [3.8, 4) is 0 Å². The average molecular weight is 183 g/mol. The Morgan fingerprint density at radius 3 is 2.50 bits per heavy atom. The molecule has 0 bridgehead atoms. The first-order valence-corrected chi connectivity index (χ1v) is 4.62. The van der Waals surface area contributed by atoms with Crippen molar-refractivity contribution in [2.24, 2.45) is 0 Å². The number of hydrogen-bond acceptors (Lipinski definition) is 3. The van der Waals surface area contributed by atoms with Crippen LogP contribution in [0, 0.1) is 0 Å². The van der Waals surface area contributed by atoms with Crippen molar-refractivity contribution in [3.63, 3.8) is 0 Å². The molecule has 5 heteroatoms. The summed E-state index contributed by atoms with van der Waals surface area (Å²) in [5, 5.41) is 0. The van der Waals surface area contributed by atoms with Gasteiger partial charge in [-0.3, -0.25) is 0 Å². The number of hydrogen-bond donors (Lipinski definition) is 0. The van der Waals surface area contributed by atoms with Gasteiger partial charge in [-0.1, -0.05) is 12.7 Å². The fourth-order valence-corrected chi connectivity index (χ4v) is 0.953. The monoisotopic (exact) mass is 182 g/mol. The van der Waals surface area contributed by atoms with E-state index in [1.807, 2.05) is 0 Å². The SMILES string of the molecule is C=CCC(=C)OS(=O)(=O)Cl. The molecule has 0 aliphatic heterocycles. The van der Waals surface area contributed by atoms with Crippen molar-refractivity contribution >= 4 is 20.0 Å². The molecule has 3 nitrogen and oxygen atoms in total. The molecule has 0 rings (SSSR count). The molecule has 0 heterocycles. The lowest BCUT2D eigenvalue weighted by atomic mass is 10.4. The van der Waals surface area contributed by atoms with Gasteiger partial charge >= 0.3 is 9.33 Å². The van der Waals surface area contributed by atoms with Gasteiger partial charge in [0.1, 0.15) is 5.76 Å². The van der Waals surface area contributed by atoms with E-state index in [4.69, 9.17) is 10.7 Å². The normalized spacial score (nSPS) is 10.5. The van der Waals surface area contributed by atoms with Crippen molar-refractivity contribution in [2.45, 2.75) is 6.42 Å². The molecule has 0 spiro atoms. The summed E-state index contributed by atoms with van der Waals surface area (Å²) in [7, 11) is 0.798. The van der Waals surface area contributed by atoms with E-state index >= 15 is 0 Å². The fraction of sp³-hybridized carbons (Fsp3) is 0.200. The Morgan fingerprint density at radius 2 is 2.20 bits per heavy atom. The Morgan fingerprint density at radius 1 is 1.70 bits per heavy atom. The predicted molar refractivity (Wildman–Crippen MR) is 39.8 cm³/mol. The first-order valence-electron chi connectivity index (χ1n) is 2.38. The van der Waals surface area contributed by atoms with Gasteiger partial charge in [0.15, 0.2) is 0 Å². The second-order valence-electron chi connectivity index (χ2n) is 1.51. The number of rotatable bonds is 4. The standard InChI is InChI=1S/C5H7ClO3S/c1-3-4-5(2)9-10(6,7)8/h3H,1-2,4H2. The first kappa shape index (κ1) is 9.52. The van der Waals surface area contributed by atoms with E-state index in [1.165, 1.54) is 6.08 Å². The van der Waals surface area contributed by atoms with Gasteiger partial charge in [-0.05, 0) is 0 Å². The average Bonchev–Trinajstić information content (AvgIpc) is 1.59. The predicted octanol–water partition coefficient (Wildman–Crippen LogP) is 1.58. The summed E-state index contributed by atoms with van der Waals surface area (Å²) in [5.41, 5.74) is 0. The highest BCUT2D eigenvalue weighted by Gasteiger charge is 2.05. The first-order chi connectivity index (χ1) is 4.45. The molecule has 0 aromatic carbocycles. The third kappa shape index (κ3) is 5.65. The van der Waals surface area contributed by atoms with E-state index in [0.29, 0.717) is 0 Å². The van der Waals surface area contributed by atoms with Crippen molar-refractivity contribution in [3.05, 3.63) is 25.0 Å². The molecular weight excluding hydrogens is 176 g/mol. The maximum atomic E-state index is 10.2. The highest BCUT2D eigenvalue weighted by molar-refractivity contribution is 8.10. The van der Waals surface area contributed by atoms with Crippen LogP contribution in [-0.4, -0.2) is 8.42 Å². The minimum Gasteiger partial charge on any atom is -0.376 e. The van der Waals surface area contributed by atoms with E-state index in [2.05, 4.69) is 17.3 Å². The van der Waals surface area contributed by atoms with Gasteiger partial charge in [0.05, 0.1) is 10.7 Å². The molecule has 0 atom stereocenters. The molecule has 58 valence electrons. The quantitative estimate of drug-likeness (QED) is 0.377. The second kappa shape index (κ2) is 3.63. The van der Waals surface area contributed by atoms with E-state index < -0.39 is 9.33 Å². The summed E-state index contributed by atoms with van der Waals surface area (Å²) in [6, 6.07) is 0. The molecule has 0 aromatic rings. The zero-order chi connectivity index (χ0) is 8.20. The third-order valence-corrected chi connectivity index (χ3v) is 1.21. The Hall–Kier alpha value is -0.480. The van der Waals surface area contributed by atoms with Gasteiger partial charge in [-0.2, -0.15) is 8.42 Å². The largest absolute Gasteiger partial charge is 0.400 e. The topological polar surface area (TPSA) is 43.4 Å². The van der Waals surface area contributed by atoms with Crippen LogP contribution in [0.5, 0.6) is 0 Å². The van der Waals surface area contributed by atoms with E-state index in [1.54, 1.807) is 0 Å². The molecule has 0 N–H and O–H groups in total. The molecular formula is C5H7ClO3S. The van der Waals surface area contributed by atoms with Gasteiger partial charge in [0.25, 0.3) is 0 Å². The van der Waals surface area contributed by atoms with Crippen molar-refractivity contribution < 1.29 is 12.6 Å². The molecule has 0 amide bonds. The van der Waals surface area contributed by atoms with Crippen molar-refractivity contribution in [1.29, 1.82) is 0 Å². The number of halogens is 1. The molecule has 0 aromatic heterocycles. The van der Waals surface area contributed by atoms with E-state index in [0.717, 1.165) is 0 Å². The smallest absolute Gasteiger partial charge is 0.376 e. The second-order valence-corrected chi connectivity index (χ2v) is 3.59. The van der Waals surface area contributed by atoms with Gasteiger partial charge in [0, 0.05) is 6.42 Å². The minimum atomic E-state index is -3.92. The van der Waals surface area contributed by atoms with Crippen LogP contribution in [0.4, 0.5) is 0 Å². The van der Waals surface area contributed by atoms with Gasteiger partial charge in [0.2, 0.25) is 0 Å². The zero-order valence-corrected chi connectivity index (χ0v) is 6.78. The Balaban J connectivity index is 3.93. The lowest BCUT2D eigenvalue weighted by Gasteiger charge is -1.99. The van der Waals surface area contributed by atoms with Crippen LogP contribution in [0.1, 0.15) is 6.42 Å². The highest BCUT2D eigenvalue weighted by atomic mass is 35.7. The van der Waals surface area contributed by atoms with Gasteiger partial charge < -0.3 is 4.18 Å². The summed E-state index contributed by atoms with van der Waals surface area (Å²) in [5.74, 6) is 0.0602. The molecule has 0 saturated heterocycles. The Kier molecular flexibility index (Phi) is 3.46. The molecule has 0 radical (unpaired) electrons. The molecule has 0 fully saturated rings. The van der Waals surface area contributed by atoms with Gasteiger partial charge in [-0.15, -0.1) is 6.58 Å². The van der Waals surface area contributed by atoms with Crippen LogP contribution in [0.25, 0.3) is 0 Å². The lowest BCUT2D eigenvalue weighted by Crippen LogP contribution is -1.95. The summed E-state index contributed by atoms with van der Waals surface area (Å²) in [6.45, 7) is 6.62. The van der Waals surface area contributed by atoms with Crippen LogP contribution < -0.4 is 0 Å². The maximum absolute atomic E-state index is 10.2. The minimum absolute atomic E-state index is 0.0602. The Bertz CT molecular complexity index is 229. The van der Waals surface area contributed by atoms with Crippen LogP contribution in [0.2, 0.25) is 0 Å². The Labute approximate surface area is 64.6 Å². The summed E-state index contributed by atoms with van der Waals surface area (Å²) < 4.78 is 24.5. The van der Waals surface area contributed by atoms with Crippen LogP contribution in [-0.2, 0) is 13.5 Å². The van der Waals surface area contributed by atoms with Crippen LogP contribution in [0.3, 0.4) is 0 Å². The van der Waals surface area contributed by atoms with E-state index in [9.17, 15) is 8.42 Å². The zero-order valence-electron chi connectivity index (χ0n) is 5.21. The molecule has 0 saturated carbocycles. The molecule has 0 unspecified atom stereocenters. The van der Waals surface area contributed by atoms with Crippen molar-refractivity contribution in [1.82, 2.24) is 0 Å². The maximum Gasteiger partial charge on any atom is 0.400 e. The summed E-state index contributed by atoms with van der Waals surface area (Å²) in [6.07, 6.45) is 1.73. The van der Waals surface area contributed by atoms with Gasteiger partial charge in [-0.25, -0.2) is 0 Å². The highest BCUT2D eigenvalue weighted by Crippen LogP contribution is 2.08. The van der Waals surface area contributed by atoms with Crippen LogP contribution >= 0.6 is 10.7 Å². The molecule has 0 aliphatic rings. The molecule has 10 heavy (non-hydrogen) atoms. The lowest BCUT2D eigenvalue weighted by molar-refractivity contribution is 0.415. The van der Waals surface area contributed by atoms with E-state index in [-0.39, 0.29) is 12.2 Å². The summed E-state index contributed by atoms with van der Waals surface area (Å²) >= 11 is 0. The number of allylic oxidation sites excluding steroid dienone is 1. The molecule has 0 aliphatic carbocycles. The third-order valence-electron chi connectivity index (χ3n) is 0.589. The fourth-order valence-electron chi connectivity index (χ4n) is 0.336. The summed E-state index contributed by atoms with van der Waals surface area (Å²) in [4.78, 5) is 0. The van der Waals surface area contributed by atoms with Crippen LogP contribution in [0.15, 0.2) is 25.0 Å².